The molecule has 84 valence electrons. The van der Waals surface area contributed by atoms with Crippen molar-refractivity contribution in [2.75, 3.05) is 12.8 Å². The van der Waals surface area contributed by atoms with Crippen molar-refractivity contribution >= 4 is 11.8 Å². The van der Waals surface area contributed by atoms with Crippen molar-refractivity contribution in [3.8, 4) is 0 Å². The topological polar surface area (TPSA) is 12.0 Å². The molecule has 1 aliphatic carbocycles. The second-order valence-electron chi connectivity index (χ2n) is 4.80. The fraction of sp³-hybridized carbons (Fsp3) is 1.00. The van der Waals surface area contributed by atoms with Crippen LogP contribution in [0.25, 0.3) is 0 Å². The summed E-state index contributed by atoms with van der Waals surface area (Å²) >= 11 is 2.05. The normalized spacial score (nSPS) is 28.3. The third-order valence-corrected chi connectivity index (χ3v) is 4.30. The number of hydrogen-bond donors (Lipinski definition) is 1. The van der Waals surface area contributed by atoms with Gasteiger partial charge in [-0.1, -0.05) is 26.7 Å². The maximum absolute atomic E-state index is 3.73. The highest BCUT2D eigenvalue weighted by molar-refractivity contribution is 7.99. The van der Waals surface area contributed by atoms with E-state index in [4.69, 9.17) is 0 Å². The minimum atomic E-state index is 0.789. The van der Waals surface area contributed by atoms with Crippen LogP contribution in [0.2, 0.25) is 0 Å². The Hall–Kier alpha value is 0.310. The molecule has 0 aromatic carbocycles. The van der Waals surface area contributed by atoms with Gasteiger partial charge in [0.1, 0.15) is 0 Å². The monoisotopic (exact) mass is 215 g/mol. The van der Waals surface area contributed by atoms with Crippen molar-refractivity contribution in [2.24, 2.45) is 5.92 Å². The Morgan fingerprint density at radius 2 is 2.00 bits per heavy atom. The molecule has 0 radical (unpaired) electrons. The summed E-state index contributed by atoms with van der Waals surface area (Å²) in [6.07, 6.45) is 9.25. The van der Waals surface area contributed by atoms with Crippen molar-refractivity contribution in [1.82, 2.24) is 5.32 Å². The van der Waals surface area contributed by atoms with E-state index in [2.05, 4.69) is 37.2 Å². The van der Waals surface area contributed by atoms with E-state index in [1.807, 2.05) is 0 Å². The highest BCUT2D eigenvalue weighted by Crippen LogP contribution is 2.27. The fourth-order valence-electron chi connectivity index (χ4n) is 2.17. The zero-order valence-corrected chi connectivity index (χ0v) is 10.7. The summed E-state index contributed by atoms with van der Waals surface area (Å²) in [5.74, 6) is 0.832. The average Bonchev–Trinajstić information content (AvgIpc) is 2.18. The number of rotatable bonds is 5. The second kappa shape index (κ2) is 6.73. The first-order valence-electron chi connectivity index (χ1n) is 6.00. The first-order chi connectivity index (χ1) is 6.74. The average molecular weight is 215 g/mol. The molecule has 0 spiro atoms. The summed E-state index contributed by atoms with van der Waals surface area (Å²) in [5.41, 5.74) is 0. The molecule has 0 bridgehead atoms. The van der Waals surface area contributed by atoms with E-state index in [0.717, 1.165) is 17.2 Å². The summed E-state index contributed by atoms with van der Waals surface area (Å²) in [5, 5.41) is 4.60. The molecule has 1 N–H and O–H groups in total. The lowest BCUT2D eigenvalue weighted by molar-refractivity contribution is 0.373. The molecule has 0 heterocycles. The Balaban J connectivity index is 2.19. The van der Waals surface area contributed by atoms with Crippen LogP contribution in [0, 0.1) is 5.92 Å². The second-order valence-corrected chi connectivity index (χ2v) is 5.88. The van der Waals surface area contributed by atoms with Crippen LogP contribution in [0.5, 0.6) is 0 Å². The summed E-state index contributed by atoms with van der Waals surface area (Å²) < 4.78 is 0. The molecule has 1 nitrogen and oxygen atoms in total. The van der Waals surface area contributed by atoms with Gasteiger partial charge in [-0.05, 0) is 38.0 Å². The fourth-order valence-corrected chi connectivity index (χ4v) is 3.13. The third kappa shape index (κ3) is 4.22. The minimum absolute atomic E-state index is 0.789. The van der Waals surface area contributed by atoms with Crippen molar-refractivity contribution in [3.05, 3.63) is 0 Å². The van der Waals surface area contributed by atoms with Crippen LogP contribution in [0.3, 0.4) is 0 Å². The maximum Gasteiger partial charge on any atom is 0.0198 e. The molecule has 0 aromatic rings. The molecule has 2 atom stereocenters. The van der Waals surface area contributed by atoms with Gasteiger partial charge in [0.2, 0.25) is 0 Å². The van der Waals surface area contributed by atoms with Crippen LogP contribution in [-0.2, 0) is 0 Å². The van der Waals surface area contributed by atoms with Crippen molar-refractivity contribution < 1.29 is 0 Å². The van der Waals surface area contributed by atoms with Crippen LogP contribution in [-0.4, -0.2) is 24.1 Å². The molecule has 1 saturated carbocycles. The Labute approximate surface area is 93.4 Å². The smallest absolute Gasteiger partial charge is 0.0198 e. The molecular formula is C12H25NS. The Morgan fingerprint density at radius 3 is 2.64 bits per heavy atom. The van der Waals surface area contributed by atoms with Crippen molar-refractivity contribution in [1.29, 1.82) is 0 Å². The van der Waals surface area contributed by atoms with E-state index in [1.165, 1.54) is 38.6 Å². The first-order valence-corrected chi connectivity index (χ1v) is 7.29. The lowest BCUT2D eigenvalue weighted by Crippen LogP contribution is -2.41. The Morgan fingerprint density at radius 1 is 1.29 bits per heavy atom. The predicted molar refractivity (Wildman–Crippen MR) is 67.0 cm³/mol. The molecule has 0 aromatic heterocycles. The summed E-state index contributed by atoms with van der Waals surface area (Å²) in [4.78, 5) is 0. The van der Waals surface area contributed by atoms with Gasteiger partial charge in [0, 0.05) is 11.3 Å². The number of thioether (sulfide) groups is 1. The van der Waals surface area contributed by atoms with Gasteiger partial charge in [0.15, 0.2) is 0 Å². The van der Waals surface area contributed by atoms with E-state index in [-0.39, 0.29) is 0 Å². The molecule has 0 saturated heterocycles. The predicted octanol–water partition coefficient (Wildman–Crippen LogP) is 3.30. The van der Waals surface area contributed by atoms with E-state index in [0.29, 0.717) is 0 Å². The highest BCUT2D eigenvalue weighted by Gasteiger charge is 2.23. The third-order valence-electron chi connectivity index (χ3n) is 3.13. The maximum atomic E-state index is 3.73. The number of nitrogens with one attached hydrogen (secondary N) is 1. The van der Waals surface area contributed by atoms with E-state index in [9.17, 15) is 0 Å². The van der Waals surface area contributed by atoms with Gasteiger partial charge in [0.25, 0.3) is 0 Å². The molecule has 1 rings (SSSR count). The quantitative estimate of drug-likeness (QED) is 0.755. The molecule has 2 unspecified atom stereocenters. The summed E-state index contributed by atoms with van der Waals surface area (Å²) in [6, 6.07) is 0.789. The van der Waals surface area contributed by atoms with Crippen LogP contribution < -0.4 is 5.32 Å². The van der Waals surface area contributed by atoms with Crippen LogP contribution in [0.4, 0.5) is 0 Å². The largest absolute Gasteiger partial charge is 0.313 e. The zero-order valence-electron chi connectivity index (χ0n) is 9.88. The van der Waals surface area contributed by atoms with Gasteiger partial charge >= 0.3 is 0 Å². The van der Waals surface area contributed by atoms with Gasteiger partial charge in [-0.3, -0.25) is 0 Å². The van der Waals surface area contributed by atoms with Crippen molar-refractivity contribution in [3.63, 3.8) is 0 Å². The molecule has 0 aliphatic heterocycles. The van der Waals surface area contributed by atoms with Crippen molar-refractivity contribution in [2.45, 2.75) is 57.2 Å². The Bertz CT molecular complexity index is 147. The standard InChI is InChI=1S/C12H25NS/c1-10(2)8-9-13-11-6-4-5-7-12(11)14-3/h10-13H,4-9H2,1-3H3. The van der Waals surface area contributed by atoms with Crippen LogP contribution in [0.15, 0.2) is 0 Å². The van der Waals surface area contributed by atoms with Gasteiger partial charge in [-0.25, -0.2) is 0 Å². The SMILES string of the molecule is CSC1CCCCC1NCCC(C)C. The zero-order chi connectivity index (χ0) is 10.4. The van der Waals surface area contributed by atoms with E-state index < -0.39 is 0 Å². The van der Waals surface area contributed by atoms with Crippen LogP contribution in [0.1, 0.15) is 46.0 Å². The number of hydrogen-bond acceptors (Lipinski definition) is 2. The Kier molecular flexibility index (Phi) is 5.95. The molecular weight excluding hydrogens is 190 g/mol. The summed E-state index contributed by atoms with van der Waals surface area (Å²) in [7, 11) is 0. The van der Waals surface area contributed by atoms with Gasteiger partial charge in [-0.2, -0.15) is 11.8 Å². The van der Waals surface area contributed by atoms with E-state index in [1.54, 1.807) is 0 Å². The van der Waals surface area contributed by atoms with Crippen LogP contribution >= 0.6 is 11.8 Å². The lowest BCUT2D eigenvalue weighted by Gasteiger charge is -2.31. The molecule has 1 aliphatic rings. The lowest BCUT2D eigenvalue weighted by atomic mass is 9.94. The van der Waals surface area contributed by atoms with E-state index >= 15 is 0 Å². The molecule has 0 amide bonds. The molecule has 2 heteroatoms. The van der Waals surface area contributed by atoms with Gasteiger partial charge < -0.3 is 5.32 Å². The van der Waals surface area contributed by atoms with Gasteiger partial charge in [0.05, 0.1) is 0 Å². The summed E-state index contributed by atoms with van der Waals surface area (Å²) in [6.45, 7) is 5.81. The first kappa shape index (κ1) is 12.4. The van der Waals surface area contributed by atoms with Gasteiger partial charge in [-0.15, -0.1) is 0 Å². The minimum Gasteiger partial charge on any atom is -0.313 e. The molecule has 1 fully saturated rings. The molecule has 14 heavy (non-hydrogen) atoms. The highest BCUT2D eigenvalue weighted by atomic mass is 32.2.